The Morgan fingerprint density at radius 1 is 1.35 bits per heavy atom. The van der Waals surface area contributed by atoms with Crippen molar-refractivity contribution in [3.8, 4) is 0 Å². The van der Waals surface area contributed by atoms with E-state index in [9.17, 15) is 4.79 Å². The zero-order chi connectivity index (χ0) is 12.3. The molecule has 1 aromatic rings. The van der Waals surface area contributed by atoms with Gasteiger partial charge in [-0.15, -0.1) is 0 Å². The number of hydrogen-bond acceptors (Lipinski definition) is 2. The first kappa shape index (κ1) is 12.4. The smallest absolute Gasteiger partial charge is 0.240 e. The molecule has 3 nitrogen and oxygen atoms in total. The molecule has 1 N–H and O–H groups in total. The highest BCUT2D eigenvalue weighted by Gasteiger charge is 2.19. The molecule has 0 spiro atoms. The van der Waals surface area contributed by atoms with E-state index in [1.165, 1.54) is 0 Å². The minimum atomic E-state index is 0.120. The maximum Gasteiger partial charge on any atom is 0.240 e. The van der Waals surface area contributed by atoms with E-state index in [2.05, 4.69) is 5.32 Å². The summed E-state index contributed by atoms with van der Waals surface area (Å²) in [6.07, 6.45) is 2.12. The third-order valence-electron chi connectivity index (χ3n) is 3.09. The third-order valence-corrected chi connectivity index (χ3v) is 3.50. The summed E-state index contributed by atoms with van der Waals surface area (Å²) in [6.45, 7) is 4.07. The number of nitrogens with one attached hydrogen (secondary N) is 1. The van der Waals surface area contributed by atoms with Gasteiger partial charge in [0, 0.05) is 17.3 Å². The normalized spacial score (nSPS) is 17.8. The van der Waals surface area contributed by atoms with Crippen LogP contribution in [0.15, 0.2) is 18.2 Å². The van der Waals surface area contributed by atoms with Crippen molar-refractivity contribution in [1.82, 2.24) is 5.32 Å². The molecule has 0 bridgehead atoms. The van der Waals surface area contributed by atoms with Crippen LogP contribution in [0.5, 0.6) is 0 Å². The van der Waals surface area contributed by atoms with Crippen molar-refractivity contribution >= 4 is 23.2 Å². The Bertz CT molecular complexity index is 420. The highest BCUT2D eigenvalue weighted by Crippen LogP contribution is 2.27. The van der Waals surface area contributed by atoms with Gasteiger partial charge in [0.25, 0.3) is 0 Å². The molecule has 4 heteroatoms. The highest BCUT2D eigenvalue weighted by molar-refractivity contribution is 6.31. The van der Waals surface area contributed by atoms with Crippen LogP contribution in [-0.4, -0.2) is 25.5 Å². The van der Waals surface area contributed by atoms with Gasteiger partial charge in [0.15, 0.2) is 0 Å². The predicted octanol–water partition coefficient (Wildman–Crippen LogP) is 2.36. The van der Waals surface area contributed by atoms with Crippen LogP contribution in [0, 0.1) is 6.92 Å². The van der Waals surface area contributed by atoms with E-state index in [-0.39, 0.29) is 5.91 Å². The maximum absolute atomic E-state index is 12.1. The number of carbonyl (C=O) groups is 1. The lowest BCUT2D eigenvalue weighted by molar-refractivity contribution is -0.118. The van der Waals surface area contributed by atoms with Crippen LogP contribution in [0.3, 0.4) is 0 Å². The molecule has 0 saturated carbocycles. The van der Waals surface area contributed by atoms with Crippen LogP contribution in [0.2, 0.25) is 5.02 Å². The quantitative estimate of drug-likeness (QED) is 0.832. The summed E-state index contributed by atoms with van der Waals surface area (Å²) in [5.41, 5.74) is 1.91. The first-order valence-corrected chi connectivity index (χ1v) is 6.34. The average molecular weight is 253 g/mol. The fourth-order valence-electron chi connectivity index (χ4n) is 2.08. The number of nitrogens with zero attached hydrogens (tertiary/aromatic N) is 1. The molecule has 0 radical (unpaired) electrons. The number of hydrogen-bond donors (Lipinski definition) is 1. The summed E-state index contributed by atoms with van der Waals surface area (Å²) in [4.78, 5) is 13.9. The van der Waals surface area contributed by atoms with Crippen molar-refractivity contribution in [2.45, 2.75) is 19.8 Å². The topological polar surface area (TPSA) is 32.3 Å². The molecule has 1 aliphatic heterocycles. The summed E-state index contributed by atoms with van der Waals surface area (Å²) >= 11 is 6.10. The first-order chi connectivity index (χ1) is 8.20. The second-order valence-corrected chi connectivity index (χ2v) is 4.72. The Kier molecular flexibility index (Phi) is 4.02. The number of benzene rings is 1. The molecule has 92 valence electrons. The van der Waals surface area contributed by atoms with Gasteiger partial charge in [0.2, 0.25) is 5.91 Å². The van der Waals surface area contributed by atoms with Gasteiger partial charge in [0.1, 0.15) is 0 Å². The molecule has 0 atom stereocenters. The molecule has 0 unspecified atom stereocenters. The van der Waals surface area contributed by atoms with Crippen molar-refractivity contribution < 1.29 is 4.79 Å². The summed E-state index contributed by atoms with van der Waals surface area (Å²) < 4.78 is 0. The Morgan fingerprint density at radius 3 is 3.00 bits per heavy atom. The minimum absolute atomic E-state index is 0.120. The fourth-order valence-corrected chi connectivity index (χ4v) is 2.25. The molecule has 1 amide bonds. The highest BCUT2D eigenvalue weighted by atomic mass is 35.5. The standard InChI is InChI=1S/C13H17ClN2O/c1-10-11(14)5-4-6-12(10)16-8-3-2-7-15-9-13(16)17/h4-6,15H,2-3,7-9H2,1H3. The van der Waals surface area contributed by atoms with Gasteiger partial charge in [-0.25, -0.2) is 0 Å². The predicted molar refractivity (Wildman–Crippen MR) is 70.6 cm³/mol. The number of halogens is 1. The van der Waals surface area contributed by atoms with Gasteiger partial charge >= 0.3 is 0 Å². The molecule has 1 aliphatic rings. The Balaban J connectivity index is 2.29. The van der Waals surface area contributed by atoms with E-state index in [1.807, 2.05) is 30.0 Å². The van der Waals surface area contributed by atoms with Crippen LogP contribution in [0.25, 0.3) is 0 Å². The van der Waals surface area contributed by atoms with Crippen molar-refractivity contribution in [2.24, 2.45) is 0 Å². The zero-order valence-corrected chi connectivity index (χ0v) is 10.8. The largest absolute Gasteiger partial charge is 0.311 e. The Morgan fingerprint density at radius 2 is 2.18 bits per heavy atom. The SMILES string of the molecule is Cc1c(Cl)cccc1N1CCCCNCC1=O. The maximum atomic E-state index is 12.1. The molecule has 1 fully saturated rings. The Labute approximate surface area is 107 Å². The van der Waals surface area contributed by atoms with Gasteiger partial charge in [-0.05, 0) is 44.0 Å². The monoisotopic (exact) mass is 252 g/mol. The molecule has 0 aliphatic carbocycles. The van der Waals surface area contributed by atoms with Crippen LogP contribution in [0.1, 0.15) is 18.4 Å². The average Bonchev–Trinajstić information content (AvgIpc) is 2.29. The van der Waals surface area contributed by atoms with Crippen LogP contribution >= 0.6 is 11.6 Å². The summed E-state index contributed by atoms with van der Waals surface area (Å²) in [5.74, 6) is 0.120. The van der Waals surface area contributed by atoms with E-state index < -0.39 is 0 Å². The number of rotatable bonds is 1. The van der Waals surface area contributed by atoms with Crippen LogP contribution < -0.4 is 10.2 Å². The summed E-state index contributed by atoms with van der Waals surface area (Å²) in [6, 6.07) is 5.71. The van der Waals surface area contributed by atoms with Gasteiger partial charge in [-0.3, -0.25) is 4.79 Å². The number of amides is 1. The second kappa shape index (κ2) is 5.52. The van der Waals surface area contributed by atoms with Crippen LogP contribution in [-0.2, 0) is 4.79 Å². The summed E-state index contributed by atoms with van der Waals surface area (Å²) in [5, 5.41) is 3.86. The first-order valence-electron chi connectivity index (χ1n) is 5.96. The molecular weight excluding hydrogens is 236 g/mol. The zero-order valence-electron chi connectivity index (χ0n) is 10.0. The lowest BCUT2D eigenvalue weighted by Crippen LogP contribution is -2.41. The van der Waals surface area contributed by atoms with Gasteiger partial charge in [-0.1, -0.05) is 17.7 Å². The molecular formula is C13H17ClN2O. The number of anilines is 1. The second-order valence-electron chi connectivity index (χ2n) is 4.31. The van der Waals surface area contributed by atoms with Gasteiger partial charge in [0.05, 0.1) is 6.54 Å². The number of carbonyl (C=O) groups excluding carboxylic acids is 1. The Hall–Kier alpha value is -1.06. The van der Waals surface area contributed by atoms with Crippen molar-refractivity contribution in [3.05, 3.63) is 28.8 Å². The van der Waals surface area contributed by atoms with Gasteiger partial charge < -0.3 is 10.2 Å². The summed E-state index contributed by atoms with van der Waals surface area (Å²) in [7, 11) is 0. The van der Waals surface area contributed by atoms with Crippen LogP contribution in [0.4, 0.5) is 5.69 Å². The van der Waals surface area contributed by atoms with Crippen molar-refractivity contribution in [1.29, 1.82) is 0 Å². The minimum Gasteiger partial charge on any atom is -0.311 e. The lowest BCUT2D eigenvalue weighted by atomic mass is 10.1. The molecule has 1 heterocycles. The molecule has 2 rings (SSSR count). The van der Waals surface area contributed by atoms with E-state index in [0.29, 0.717) is 11.6 Å². The molecule has 17 heavy (non-hydrogen) atoms. The van der Waals surface area contributed by atoms with Gasteiger partial charge in [-0.2, -0.15) is 0 Å². The third kappa shape index (κ3) is 2.79. The fraction of sp³-hybridized carbons (Fsp3) is 0.462. The van der Waals surface area contributed by atoms with E-state index in [0.717, 1.165) is 37.2 Å². The molecule has 1 aromatic carbocycles. The molecule has 0 aromatic heterocycles. The van der Waals surface area contributed by atoms with E-state index in [4.69, 9.17) is 11.6 Å². The van der Waals surface area contributed by atoms with E-state index >= 15 is 0 Å². The molecule has 1 saturated heterocycles. The van der Waals surface area contributed by atoms with Crippen molar-refractivity contribution in [3.63, 3.8) is 0 Å². The van der Waals surface area contributed by atoms with Crippen molar-refractivity contribution in [2.75, 3.05) is 24.5 Å². The van der Waals surface area contributed by atoms with E-state index in [1.54, 1.807) is 0 Å². The lowest BCUT2D eigenvalue weighted by Gasteiger charge is -2.27.